The molecule has 0 amide bonds. The molecule has 2 aliphatic heterocycles. The minimum absolute atomic E-state index is 0.00630. The minimum Gasteiger partial charge on any atom is -0.507 e. The Morgan fingerprint density at radius 3 is 2.23 bits per heavy atom. The largest absolute Gasteiger partial charge is 0.507 e. The monoisotopic (exact) mass is 732 g/mol. The highest BCUT2D eigenvalue weighted by Gasteiger charge is 2.49. The van der Waals surface area contributed by atoms with E-state index in [2.05, 4.69) is 0 Å². The van der Waals surface area contributed by atoms with Crippen molar-refractivity contribution in [1.82, 2.24) is 9.80 Å². The van der Waals surface area contributed by atoms with Gasteiger partial charge in [0, 0.05) is 40.8 Å². The van der Waals surface area contributed by atoms with E-state index in [1.165, 1.54) is 19.1 Å². The number of aliphatic hydroxyl groups is 3. The van der Waals surface area contributed by atoms with Crippen molar-refractivity contribution in [3.05, 3.63) is 85.3 Å². The van der Waals surface area contributed by atoms with Gasteiger partial charge in [-0.3, -0.25) is 14.4 Å². The van der Waals surface area contributed by atoms with Crippen LogP contribution in [0.2, 0.25) is 0 Å². The van der Waals surface area contributed by atoms with Crippen molar-refractivity contribution < 1.29 is 43.9 Å². The average molecular weight is 733 g/mol. The number of hydrogen-bond acceptors (Lipinski definition) is 12. The lowest BCUT2D eigenvalue weighted by Crippen LogP contribution is -2.59. The number of phenols is 1. The number of phenolic OH excluding ortho intramolecular Hbond substituents is 1. The van der Waals surface area contributed by atoms with Crippen LogP contribution in [-0.4, -0.2) is 106 Å². The molecule has 1 aromatic heterocycles. The van der Waals surface area contributed by atoms with E-state index in [1.807, 2.05) is 44.9 Å². The van der Waals surface area contributed by atoms with Gasteiger partial charge >= 0.3 is 0 Å². The number of ketones is 2. The molecule has 6 rings (SSSR count). The minimum atomic E-state index is -1.61. The molecule has 286 valence electrons. The molecule has 2 aromatic carbocycles. The lowest BCUT2D eigenvalue weighted by atomic mass is 9.74. The van der Waals surface area contributed by atoms with Gasteiger partial charge in [-0.25, -0.2) is 0 Å². The summed E-state index contributed by atoms with van der Waals surface area (Å²) in [6, 6.07) is 4.01. The molecular formula is C41H52N2O10. The number of carbonyl (C=O) groups excluding carboxylic acids is 2. The fraction of sp³-hybridized carbons (Fsp3) is 0.537. The van der Waals surface area contributed by atoms with Crippen LogP contribution >= 0.6 is 0 Å². The quantitative estimate of drug-likeness (QED) is 0.198. The molecule has 9 atom stereocenters. The highest BCUT2D eigenvalue weighted by Crippen LogP contribution is 2.49. The van der Waals surface area contributed by atoms with E-state index in [0.29, 0.717) is 11.1 Å². The summed E-state index contributed by atoms with van der Waals surface area (Å²) in [6.07, 6.45) is -0.462. The number of fused-ring (bicyclic) bond motifs is 4. The van der Waals surface area contributed by atoms with E-state index in [-0.39, 0.29) is 69.9 Å². The van der Waals surface area contributed by atoms with Crippen molar-refractivity contribution in [1.29, 1.82) is 0 Å². The van der Waals surface area contributed by atoms with Crippen molar-refractivity contribution in [3.63, 3.8) is 0 Å². The summed E-state index contributed by atoms with van der Waals surface area (Å²) in [4.78, 5) is 47.4. The van der Waals surface area contributed by atoms with Crippen LogP contribution in [-0.2, 0) is 15.1 Å². The van der Waals surface area contributed by atoms with Gasteiger partial charge in [0.05, 0.1) is 53.1 Å². The number of aryl methyl sites for hydroxylation is 1. The van der Waals surface area contributed by atoms with Crippen molar-refractivity contribution in [2.75, 3.05) is 28.2 Å². The molecule has 53 heavy (non-hydrogen) atoms. The zero-order valence-corrected chi connectivity index (χ0v) is 32.2. The van der Waals surface area contributed by atoms with Gasteiger partial charge in [-0.05, 0) is 106 Å². The second-order valence-corrected chi connectivity index (χ2v) is 16.0. The maximum absolute atomic E-state index is 15.0. The molecule has 0 radical (unpaired) electrons. The molecule has 0 unspecified atom stereocenters. The van der Waals surface area contributed by atoms with Gasteiger partial charge in [0.25, 0.3) is 0 Å². The zero-order chi connectivity index (χ0) is 39.1. The molecule has 0 saturated carbocycles. The first-order chi connectivity index (χ1) is 24.7. The summed E-state index contributed by atoms with van der Waals surface area (Å²) < 4.78 is 19.0. The Kier molecular flexibility index (Phi) is 10.2. The molecule has 0 bridgehead atoms. The van der Waals surface area contributed by atoms with Crippen LogP contribution in [0.3, 0.4) is 0 Å². The van der Waals surface area contributed by atoms with Gasteiger partial charge in [-0.2, -0.15) is 0 Å². The third-order valence-corrected chi connectivity index (χ3v) is 11.9. The summed E-state index contributed by atoms with van der Waals surface area (Å²) >= 11 is 0. The fourth-order valence-corrected chi connectivity index (χ4v) is 8.38. The molecule has 2 saturated heterocycles. The van der Waals surface area contributed by atoms with Gasteiger partial charge in [-0.15, -0.1) is 0 Å². The van der Waals surface area contributed by atoms with Crippen LogP contribution in [0.1, 0.15) is 120 Å². The summed E-state index contributed by atoms with van der Waals surface area (Å²) in [5.41, 5.74) is -2.53. The first-order valence-electron chi connectivity index (χ1n) is 18.2. The van der Waals surface area contributed by atoms with Gasteiger partial charge in [0.2, 0.25) is 5.78 Å². The van der Waals surface area contributed by atoms with E-state index >= 15 is 4.79 Å². The fourth-order valence-electron chi connectivity index (χ4n) is 8.38. The van der Waals surface area contributed by atoms with Crippen LogP contribution in [0.4, 0.5) is 0 Å². The number of hydrogen-bond donors (Lipinski definition) is 4. The summed E-state index contributed by atoms with van der Waals surface area (Å²) in [5, 5.41) is 45.9. The third-order valence-electron chi connectivity index (χ3n) is 11.9. The van der Waals surface area contributed by atoms with Gasteiger partial charge in [0.1, 0.15) is 22.7 Å². The third kappa shape index (κ3) is 6.27. The Labute approximate surface area is 309 Å². The van der Waals surface area contributed by atoms with E-state index < -0.39 is 70.5 Å². The molecule has 2 fully saturated rings. The number of aliphatic hydroxyl groups excluding tert-OH is 2. The van der Waals surface area contributed by atoms with Crippen molar-refractivity contribution in [2.24, 2.45) is 0 Å². The number of nitrogens with zero attached hydrogens (tertiary/aromatic N) is 2. The molecular weight excluding hydrogens is 680 g/mol. The molecule has 3 aliphatic rings. The van der Waals surface area contributed by atoms with Crippen LogP contribution in [0.15, 0.2) is 39.6 Å². The topological polar surface area (TPSA) is 170 Å². The van der Waals surface area contributed by atoms with E-state index in [9.17, 15) is 30.0 Å². The molecule has 4 N–H and O–H groups in total. The summed E-state index contributed by atoms with van der Waals surface area (Å²) in [6.45, 7) is 10.3. The maximum Gasteiger partial charge on any atom is 0.202 e. The molecule has 0 spiro atoms. The predicted molar refractivity (Wildman–Crippen MR) is 199 cm³/mol. The Morgan fingerprint density at radius 2 is 1.60 bits per heavy atom. The predicted octanol–water partition coefficient (Wildman–Crippen LogP) is 4.43. The number of likely N-dealkylation sites (N-methyl/N-ethyl adjacent to an activating group) is 2. The average Bonchev–Trinajstić information content (AvgIpc) is 3.08. The summed E-state index contributed by atoms with van der Waals surface area (Å²) in [5.74, 6) is -1.83. The van der Waals surface area contributed by atoms with E-state index in [4.69, 9.17) is 13.9 Å². The van der Waals surface area contributed by atoms with Crippen LogP contribution in [0, 0.1) is 6.92 Å². The Morgan fingerprint density at radius 1 is 0.943 bits per heavy atom. The van der Waals surface area contributed by atoms with Crippen molar-refractivity contribution >= 4 is 22.5 Å². The van der Waals surface area contributed by atoms with Gasteiger partial charge < -0.3 is 44.1 Å². The number of ether oxygens (including phenoxy) is 2. The molecule has 12 heteroatoms. The smallest absolute Gasteiger partial charge is 0.202 e. The second-order valence-electron chi connectivity index (χ2n) is 16.0. The molecule has 1 aliphatic carbocycles. The first-order valence-corrected chi connectivity index (χ1v) is 18.2. The number of rotatable bonds is 7. The number of allylic oxidation sites excluding steroid dienone is 1. The van der Waals surface area contributed by atoms with Gasteiger partial charge in [-0.1, -0.05) is 12.2 Å². The van der Waals surface area contributed by atoms with Crippen LogP contribution < -0.4 is 5.43 Å². The molecule has 12 nitrogen and oxygen atoms in total. The number of benzene rings is 2. The first kappa shape index (κ1) is 39.0. The highest BCUT2D eigenvalue weighted by molar-refractivity contribution is 6.33. The summed E-state index contributed by atoms with van der Waals surface area (Å²) in [7, 11) is 7.40. The molecule has 3 heterocycles. The van der Waals surface area contributed by atoms with Gasteiger partial charge in [0.15, 0.2) is 11.2 Å². The molecule has 3 aromatic rings. The Bertz CT molecular complexity index is 2070. The Balaban J connectivity index is 1.64. The Hall–Kier alpha value is -3.75. The van der Waals surface area contributed by atoms with Crippen molar-refractivity contribution in [3.8, 4) is 5.75 Å². The maximum atomic E-state index is 15.0. The van der Waals surface area contributed by atoms with E-state index in [0.717, 1.165) is 0 Å². The van der Waals surface area contributed by atoms with E-state index in [1.54, 1.807) is 45.9 Å². The second kappa shape index (κ2) is 13.8. The zero-order valence-electron chi connectivity index (χ0n) is 32.2. The highest BCUT2D eigenvalue weighted by atomic mass is 16.5. The van der Waals surface area contributed by atoms with Crippen LogP contribution in [0.5, 0.6) is 5.75 Å². The van der Waals surface area contributed by atoms with Crippen molar-refractivity contribution in [2.45, 2.75) is 115 Å². The SMILES string of the molecule is C/C=C\C[C@](C)(O)c1cc(=O)c2c(C)cc3c(c2o1)C(=O)c1c(O)c([C@@H]2C[C@](C)(N(C)C)[C@@H](O)[C@H](C)O2)cc([C@@H]2C[C@@H](N(C)C)[C@H](O)[C@@H](C)O2)c1C3=O. The number of carbonyl (C=O) groups is 2. The number of aromatic hydroxyl groups is 1. The lowest BCUT2D eigenvalue weighted by Gasteiger charge is -2.49. The lowest BCUT2D eigenvalue weighted by molar-refractivity contribution is -0.176. The standard InChI is InChI=1S/C41H52N2O10/c1-11-12-13-41(6,50)29-17-26(44)30-19(2)14-24-32(38(30)53-29)37(48)33-31(36(24)47)22(27-16-25(42(7)8)34(45)20(3)51-27)15-23(35(33)46)28-18-40(5,43(9)10)39(49)21(4)52-28/h11-12,14-15,17,20-21,25,27-28,34,39,45-46,49-50H,13,16,18H2,1-10H3/b12-11-/t20-,21+,25-,27+,28+,34-,39+,40+,41+/m1/s1. The van der Waals surface area contributed by atoms with Crippen LogP contribution in [0.25, 0.3) is 11.0 Å². The normalized spacial score (nSPS) is 30.3.